The SMILES string of the molecule is CN=C(NCC(c1cnn(C)c1)N(C)C)NC1CCN(CC2CCCC2)C1. The normalized spacial score (nSPS) is 23.3. The highest BCUT2D eigenvalue weighted by molar-refractivity contribution is 5.80. The van der Waals surface area contributed by atoms with Gasteiger partial charge in [0, 0.05) is 58.1 Å². The zero-order chi connectivity index (χ0) is 19.2. The van der Waals surface area contributed by atoms with Gasteiger partial charge in [-0.25, -0.2) is 0 Å². The van der Waals surface area contributed by atoms with Crippen LogP contribution in [-0.4, -0.2) is 78.9 Å². The molecule has 1 saturated heterocycles. The third kappa shape index (κ3) is 5.69. The van der Waals surface area contributed by atoms with Gasteiger partial charge in [0.2, 0.25) is 0 Å². The summed E-state index contributed by atoms with van der Waals surface area (Å²) >= 11 is 0. The van der Waals surface area contributed by atoms with Gasteiger partial charge in [-0.15, -0.1) is 0 Å². The van der Waals surface area contributed by atoms with Gasteiger partial charge in [0.25, 0.3) is 0 Å². The highest BCUT2D eigenvalue weighted by Gasteiger charge is 2.26. The average molecular weight is 376 g/mol. The van der Waals surface area contributed by atoms with E-state index in [0.717, 1.165) is 25.0 Å². The number of hydrogen-bond acceptors (Lipinski definition) is 4. The van der Waals surface area contributed by atoms with Gasteiger partial charge in [0.05, 0.1) is 12.2 Å². The number of aromatic nitrogens is 2. The second-order valence-electron chi connectivity index (χ2n) is 8.42. The van der Waals surface area contributed by atoms with E-state index in [2.05, 4.69) is 50.8 Å². The molecule has 27 heavy (non-hydrogen) atoms. The zero-order valence-corrected chi connectivity index (χ0v) is 17.5. The molecule has 1 aliphatic carbocycles. The summed E-state index contributed by atoms with van der Waals surface area (Å²) < 4.78 is 1.86. The van der Waals surface area contributed by atoms with Gasteiger partial charge in [-0.05, 0) is 39.3 Å². The maximum atomic E-state index is 4.45. The molecule has 3 rings (SSSR count). The molecule has 1 aromatic rings. The van der Waals surface area contributed by atoms with Crippen LogP contribution >= 0.6 is 0 Å². The van der Waals surface area contributed by atoms with Crippen molar-refractivity contribution >= 4 is 5.96 Å². The summed E-state index contributed by atoms with van der Waals surface area (Å²) in [5.41, 5.74) is 1.22. The molecule has 0 amide bonds. The number of rotatable bonds is 7. The molecular formula is C20H37N7. The predicted molar refractivity (Wildman–Crippen MR) is 111 cm³/mol. The molecule has 0 spiro atoms. The smallest absolute Gasteiger partial charge is 0.191 e. The minimum atomic E-state index is 0.264. The second-order valence-corrected chi connectivity index (χ2v) is 8.42. The van der Waals surface area contributed by atoms with Crippen LogP contribution in [0.3, 0.4) is 0 Å². The van der Waals surface area contributed by atoms with Crippen LogP contribution in [0.1, 0.15) is 43.7 Å². The molecular weight excluding hydrogens is 338 g/mol. The molecule has 2 heterocycles. The fraction of sp³-hybridized carbons (Fsp3) is 0.800. The van der Waals surface area contributed by atoms with Crippen molar-refractivity contribution in [2.45, 2.75) is 44.2 Å². The van der Waals surface area contributed by atoms with Crippen LogP contribution in [0.15, 0.2) is 17.4 Å². The first kappa shape index (κ1) is 20.1. The Kier molecular flexibility index (Phi) is 7.13. The average Bonchev–Trinajstić information content (AvgIpc) is 3.38. The molecule has 1 aliphatic heterocycles. The van der Waals surface area contributed by atoms with Crippen LogP contribution in [0.2, 0.25) is 0 Å². The first-order valence-electron chi connectivity index (χ1n) is 10.4. The van der Waals surface area contributed by atoms with Gasteiger partial charge in [-0.3, -0.25) is 9.67 Å². The van der Waals surface area contributed by atoms with Crippen molar-refractivity contribution in [1.29, 1.82) is 0 Å². The van der Waals surface area contributed by atoms with Crippen molar-refractivity contribution in [3.63, 3.8) is 0 Å². The Morgan fingerprint density at radius 3 is 2.74 bits per heavy atom. The Bertz CT molecular complexity index is 603. The van der Waals surface area contributed by atoms with Crippen LogP contribution in [0.25, 0.3) is 0 Å². The van der Waals surface area contributed by atoms with Crippen molar-refractivity contribution in [2.24, 2.45) is 18.0 Å². The van der Waals surface area contributed by atoms with Crippen LogP contribution in [0, 0.1) is 5.92 Å². The van der Waals surface area contributed by atoms with Crippen molar-refractivity contribution in [1.82, 2.24) is 30.2 Å². The van der Waals surface area contributed by atoms with E-state index in [1.165, 1.54) is 50.8 Å². The number of aliphatic imine (C=N–C) groups is 1. The molecule has 7 heteroatoms. The lowest BCUT2D eigenvalue weighted by molar-refractivity contribution is 0.275. The molecule has 0 radical (unpaired) electrons. The molecule has 0 bridgehead atoms. The Morgan fingerprint density at radius 2 is 2.11 bits per heavy atom. The maximum absolute atomic E-state index is 4.45. The Morgan fingerprint density at radius 1 is 1.33 bits per heavy atom. The molecule has 2 aliphatic rings. The van der Waals surface area contributed by atoms with Crippen LogP contribution in [0.4, 0.5) is 0 Å². The quantitative estimate of drug-likeness (QED) is 0.558. The standard InChI is InChI=1S/C20H37N7/c1-21-20(22-12-19(25(2)3)17-11-23-26(4)14-17)24-18-9-10-27(15-18)13-16-7-5-6-8-16/h11,14,16,18-19H,5-10,12-13,15H2,1-4H3,(H2,21,22,24). The van der Waals surface area contributed by atoms with Crippen LogP contribution in [-0.2, 0) is 7.05 Å². The molecule has 2 fully saturated rings. The molecule has 1 saturated carbocycles. The summed E-state index contributed by atoms with van der Waals surface area (Å²) in [5, 5.41) is 11.5. The number of guanidine groups is 1. The zero-order valence-electron chi connectivity index (χ0n) is 17.5. The fourth-order valence-corrected chi connectivity index (χ4v) is 4.47. The van der Waals surface area contributed by atoms with E-state index in [0.29, 0.717) is 6.04 Å². The molecule has 152 valence electrons. The number of likely N-dealkylation sites (N-methyl/N-ethyl adjacent to an activating group) is 1. The number of likely N-dealkylation sites (tertiary alicyclic amines) is 1. The summed E-state index contributed by atoms with van der Waals surface area (Å²) in [6, 6.07) is 0.758. The lowest BCUT2D eigenvalue weighted by atomic mass is 10.1. The molecule has 2 atom stereocenters. The van der Waals surface area contributed by atoms with Crippen LogP contribution in [0.5, 0.6) is 0 Å². The van der Waals surface area contributed by atoms with E-state index in [9.17, 15) is 0 Å². The van der Waals surface area contributed by atoms with Gasteiger partial charge < -0.3 is 20.4 Å². The van der Waals surface area contributed by atoms with Crippen LogP contribution < -0.4 is 10.6 Å². The fourth-order valence-electron chi connectivity index (χ4n) is 4.47. The lowest BCUT2D eigenvalue weighted by Gasteiger charge is -2.25. The largest absolute Gasteiger partial charge is 0.354 e. The van der Waals surface area contributed by atoms with Crippen molar-refractivity contribution in [3.8, 4) is 0 Å². The third-order valence-corrected chi connectivity index (χ3v) is 6.02. The summed E-state index contributed by atoms with van der Waals surface area (Å²) in [4.78, 5) is 9.30. The summed E-state index contributed by atoms with van der Waals surface area (Å²) in [5.74, 6) is 1.83. The molecule has 1 aromatic heterocycles. The molecule has 2 unspecified atom stereocenters. The van der Waals surface area contributed by atoms with E-state index in [1.54, 1.807) is 0 Å². The minimum absolute atomic E-state index is 0.264. The topological polar surface area (TPSA) is 60.7 Å². The number of hydrogen-bond donors (Lipinski definition) is 2. The maximum Gasteiger partial charge on any atom is 0.191 e. The Balaban J connectivity index is 1.46. The van der Waals surface area contributed by atoms with E-state index in [1.807, 2.05) is 25.0 Å². The summed E-state index contributed by atoms with van der Waals surface area (Å²) in [6.07, 6.45) is 10.9. The highest BCUT2D eigenvalue weighted by Crippen LogP contribution is 2.26. The molecule has 0 aromatic carbocycles. The van der Waals surface area contributed by atoms with E-state index < -0.39 is 0 Å². The van der Waals surface area contributed by atoms with Gasteiger partial charge in [-0.1, -0.05) is 12.8 Å². The van der Waals surface area contributed by atoms with Gasteiger partial charge >= 0.3 is 0 Å². The first-order chi connectivity index (χ1) is 13.0. The number of nitrogens with one attached hydrogen (secondary N) is 2. The van der Waals surface area contributed by atoms with E-state index >= 15 is 0 Å². The van der Waals surface area contributed by atoms with Crippen molar-refractivity contribution in [3.05, 3.63) is 18.0 Å². The first-order valence-corrected chi connectivity index (χ1v) is 10.4. The second kappa shape index (κ2) is 9.55. The predicted octanol–water partition coefficient (Wildman–Crippen LogP) is 1.45. The van der Waals surface area contributed by atoms with E-state index in [4.69, 9.17) is 0 Å². The highest BCUT2D eigenvalue weighted by atomic mass is 15.3. The number of aryl methyl sites for hydroxylation is 1. The van der Waals surface area contributed by atoms with Gasteiger partial charge in [0.1, 0.15) is 0 Å². The number of nitrogens with zero attached hydrogens (tertiary/aromatic N) is 5. The van der Waals surface area contributed by atoms with Gasteiger partial charge in [-0.2, -0.15) is 5.10 Å². The lowest BCUT2D eigenvalue weighted by Crippen LogP contribution is -2.46. The van der Waals surface area contributed by atoms with Crippen molar-refractivity contribution in [2.75, 3.05) is 47.3 Å². The molecule has 7 nitrogen and oxygen atoms in total. The minimum Gasteiger partial charge on any atom is -0.354 e. The molecule has 2 N–H and O–H groups in total. The Hall–Kier alpha value is -1.60. The Labute approximate surface area is 164 Å². The third-order valence-electron chi connectivity index (χ3n) is 6.02. The van der Waals surface area contributed by atoms with Gasteiger partial charge in [0.15, 0.2) is 5.96 Å². The summed E-state index contributed by atoms with van der Waals surface area (Å²) in [6.45, 7) is 4.43. The summed E-state index contributed by atoms with van der Waals surface area (Å²) in [7, 11) is 8.03. The van der Waals surface area contributed by atoms with Crippen molar-refractivity contribution < 1.29 is 0 Å². The van der Waals surface area contributed by atoms with E-state index in [-0.39, 0.29) is 6.04 Å². The monoisotopic (exact) mass is 375 g/mol.